The minimum Gasteiger partial charge on any atom is -0.337 e. The number of carbonyl (C=O) groups is 3. The zero-order valence-electron chi connectivity index (χ0n) is 16.1. The summed E-state index contributed by atoms with van der Waals surface area (Å²) in [5.74, 6) is -2.15. The van der Waals surface area contributed by atoms with E-state index in [0.717, 1.165) is 17.7 Å². The van der Waals surface area contributed by atoms with E-state index < -0.39 is 41.7 Å². The van der Waals surface area contributed by atoms with Crippen LogP contribution in [0.25, 0.3) is 0 Å². The first kappa shape index (κ1) is 21.4. The molecule has 30 heavy (non-hydrogen) atoms. The van der Waals surface area contributed by atoms with Gasteiger partial charge in [-0.25, -0.2) is 4.79 Å². The van der Waals surface area contributed by atoms with Gasteiger partial charge in [-0.05, 0) is 18.1 Å². The van der Waals surface area contributed by atoms with Crippen LogP contribution in [0.2, 0.25) is 0 Å². The third-order valence-corrected chi connectivity index (χ3v) is 4.98. The number of rotatable bonds is 6. The number of halogens is 3. The number of nitrogens with one attached hydrogen (secondary N) is 1. The fourth-order valence-corrected chi connectivity index (χ4v) is 3.37. The number of nitrogens with zero attached hydrogens (tertiary/aromatic N) is 2. The summed E-state index contributed by atoms with van der Waals surface area (Å²) < 4.78 is 42.0. The number of alkyl halides is 3. The lowest BCUT2D eigenvalue weighted by Gasteiger charge is -2.29. The van der Waals surface area contributed by atoms with Crippen LogP contribution in [0, 0.1) is 0 Å². The molecular weight excluding hydrogens is 399 g/mol. The molecule has 6 nitrogen and oxygen atoms in total. The maximum absolute atomic E-state index is 14.0. The van der Waals surface area contributed by atoms with E-state index in [9.17, 15) is 27.6 Å². The Labute approximate surface area is 171 Å². The van der Waals surface area contributed by atoms with Crippen molar-refractivity contribution in [3.8, 4) is 0 Å². The minimum absolute atomic E-state index is 0.211. The molecule has 0 saturated carbocycles. The Hall–Kier alpha value is -3.36. The van der Waals surface area contributed by atoms with E-state index in [1.165, 1.54) is 23.1 Å². The second kappa shape index (κ2) is 8.17. The van der Waals surface area contributed by atoms with E-state index in [2.05, 4.69) is 0 Å². The van der Waals surface area contributed by atoms with Gasteiger partial charge in [0, 0.05) is 13.1 Å². The van der Waals surface area contributed by atoms with Crippen molar-refractivity contribution in [2.24, 2.45) is 0 Å². The van der Waals surface area contributed by atoms with Gasteiger partial charge in [-0.15, -0.1) is 0 Å². The molecule has 1 N–H and O–H groups in total. The normalized spacial score (nSPS) is 19.0. The first-order valence-corrected chi connectivity index (χ1v) is 9.28. The van der Waals surface area contributed by atoms with Gasteiger partial charge in [0.25, 0.3) is 5.91 Å². The van der Waals surface area contributed by atoms with Gasteiger partial charge < -0.3 is 10.2 Å². The lowest BCUT2D eigenvalue weighted by atomic mass is 9.89. The first-order chi connectivity index (χ1) is 14.2. The van der Waals surface area contributed by atoms with Crippen molar-refractivity contribution in [2.45, 2.75) is 25.2 Å². The molecule has 1 fully saturated rings. The van der Waals surface area contributed by atoms with Crippen molar-refractivity contribution >= 4 is 17.8 Å². The summed E-state index contributed by atoms with van der Waals surface area (Å²) in [6, 6.07) is 14.2. The van der Waals surface area contributed by atoms with Crippen molar-refractivity contribution in [2.75, 3.05) is 13.1 Å². The van der Waals surface area contributed by atoms with Gasteiger partial charge in [0.1, 0.15) is 6.54 Å². The predicted octanol–water partition coefficient (Wildman–Crippen LogP) is 3.04. The molecule has 3 rings (SSSR count). The average molecular weight is 419 g/mol. The molecular formula is C21H20F3N3O3. The van der Waals surface area contributed by atoms with Crippen molar-refractivity contribution in [3.63, 3.8) is 0 Å². The lowest BCUT2D eigenvalue weighted by Crippen LogP contribution is -2.56. The highest BCUT2D eigenvalue weighted by Gasteiger charge is 2.68. The third kappa shape index (κ3) is 3.74. The molecule has 0 bridgehead atoms. The van der Waals surface area contributed by atoms with Crippen LogP contribution in [0.15, 0.2) is 60.7 Å². The maximum atomic E-state index is 14.0. The van der Waals surface area contributed by atoms with Crippen LogP contribution >= 0.6 is 0 Å². The van der Waals surface area contributed by atoms with E-state index in [0.29, 0.717) is 4.90 Å². The molecule has 1 saturated heterocycles. The summed E-state index contributed by atoms with van der Waals surface area (Å²) in [6.07, 6.45) is -5.09. The summed E-state index contributed by atoms with van der Waals surface area (Å²) >= 11 is 0. The van der Waals surface area contributed by atoms with E-state index in [1.54, 1.807) is 36.5 Å². The topological polar surface area (TPSA) is 69.7 Å². The van der Waals surface area contributed by atoms with Gasteiger partial charge in [0.2, 0.25) is 11.4 Å². The molecule has 0 aliphatic carbocycles. The average Bonchev–Trinajstić information content (AvgIpc) is 2.99. The second-order valence-corrected chi connectivity index (χ2v) is 6.83. The molecule has 0 spiro atoms. The predicted molar refractivity (Wildman–Crippen MR) is 102 cm³/mol. The number of hydrogen-bond donors (Lipinski definition) is 1. The molecule has 158 valence electrons. The van der Waals surface area contributed by atoms with Crippen LogP contribution in [0.4, 0.5) is 18.0 Å². The summed E-state index contributed by atoms with van der Waals surface area (Å²) in [5.41, 5.74) is -2.82. The number of benzene rings is 2. The Morgan fingerprint density at radius 3 is 2.13 bits per heavy atom. The number of imide groups is 1. The Balaban J connectivity index is 1.85. The van der Waals surface area contributed by atoms with Crippen LogP contribution in [0.1, 0.15) is 18.1 Å². The van der Waals surface area contributed by atoms with Crippen LogP contribution in [-0.2, 0) is 21.7 Å². The molecule has 1 unspecified atom stereocenters. The molecule has 9 heteroatoms. The van der Waals surface area contributed by atoms with Crippen LogP contribution < -0.4 is 5.32 Å². The SMILES string of the molecule is CCN(Cc1ccccc1)C(=O)CN1C(=O)NC(c2ccccc2)(C(F)(F)F)C1=O. The molecule has 2 aromatic carbocycles. The summed E-state index contributed by atoms with van der Waals surface area (Å²) in [4.78, 5) is 39.6. The molecule has 1 aliphatic rings. The van der Waals surface area contributed by atoms with E-state index in [-0.39, 0.29) is 13.1 Å². The van der Waals surface area contributed by atoms with Gasteiger partial charge in [-0.1, -0.05) is 60.7 Å². The number of urea groups is 1. The molecule has 4 amide bonds. The standard InChI is InChI=1S/C21H20F3N3O3/c1-2-26(13-15-9-5-3-6-10-15)17(28)14-27-18(29)20(21(22,23)24,25-19(27)30)16-11-7-4-8-12-16/h3-12H,2,13-14H2,1H3,(H,25,30). The van der Waals surface area contributed by atoms with Crippen LogP contribution in [0.3, 0.4) is 0 Å². The first-order valence-electron chi connectivity index (χ1n) is 9.28. The quantitative estimate of drug-likeness (QED) is 0.732. The summed E-state index contributed by atoms with van der Waals surface area (Å²) in [5, 5.41) is 1.78. The Kier molecular flexibility index (Phi) is 5.82. The second-order valence-electron chi connectivity index (χ2n) is 6.83. The summed E-state index contributed by atoms with van der Waals surface area (Å²) in [6.45, 7) is 1.40. The molecule has 1 heterocycles. The number of likely N-dealkylation sites (N-methyl/N-ethyl adjacent to an activating group) is 1. The molecule has 0 radical (unpaired) electrons. The van der Waals surface area contributed by atoms with E-state index in [4.69, 9.17) is 0 Å². The van der Waals surface area contributed by atoms with Gasteiger partial charge in [0.05, 0.1) is 0 Å². The fourth-order valence-electron chi connectivity index (χ4n) is 3.37. The molecule has 1 aliphatic heterocycles. The van der Waals surface area contributed by atoms with Crippen molar-refractivity contribution < 1.29 is 27.6 Å². The molecule has 0 aromatic heterocycles. The van der Waals surface area contributed by atoms with Crippen molar-refractivity contribution in [1.82, 2.24) is 15.1 Å². The number of hydrogen-bond acceptors (Lipinski definition) is 3. The Morgan fingerprint density at radius 2 is 1.60 bits per heavy atom. The van der Waals surface area contributed by atoms with Gasteiger partial charge in [0.15, 0.2) is 0 Å². The highest BCUT2D eigenvalue weighted by molar-refractivity contribution is 6.10. The molecule has 1 atom stereocenters. The lowest BCUT2D eigenvalue weighted by molar-refractivity contribution is -0.198. The smallest absolute Gasteiger partial charge is 0.337 e. The maximum Gasteiger partial charge on any atom is 0.425 e. The van der Waals surface area contributed by atoms with Crippen LogP contribution in [-0.4, -0.2) is 46.9 Å². The zero-order chi connectivity index (χ0) is 21.9. The molecule has 2 aromatic rings. The third-order valence-electron chi connectivity index (χ3n) is 4.98. The van der Waals surface area contributed by atoms with Crippen molar-refractivity contribution in [1.29, 1.82) is 0 Å². The largest absolute Gasteiger partial charge is 0.425 e. The van der Waals surface area contributed by atoms with Crippen molar-refractivity contribution in [3.05, 3.63) is 71.8 Å². The minimum atomic E-state index is -5.09. The van der Waals surface area contributed by atoms with Gasteiger partial charge in [-0.2, -0.15) is 13.2 Å². The monoisotopic (exact) mass is 419 g/mol. The zero-order valence-corrected chi connectivity index (χ0v) is 16.1. The summed E-state index contributed by atoms with van der Waals surface area (Å²) in [7, 11) is 0. The Morgan fingerprint density at radius 1 is 1.03 bits per heavy atom. The van der Waals surface area contributed by atoms with E-state index >= 15 is 0 Å². The fraction of sp³-hybridized carbons (Fsp3) is 0.286. The van der Waals surface area contributed by atoms with E-state index in [1.807, 2.05) is 6.07 Å². The van der Waals surface area contributed by atoms with Crippen LogP contribution in [0.5, 0.6) is 0 Å². The Bertz CT molecular complexity index is 935. The highest BCUT2D eigenvalue weighted by Crippen LogP contribution is 2.43. The number of amides is 4. The number of carbonyl (C=O) groups excluding carboxylic acids is 3. The van der Waals surface area contributed by atoms with Gasteiger partial charge in [-0.3, -0.25) is 14.5 Å². The highest BCUT2D eigenvalue weighted by atomic mass is 19.4. The van der Waals surface area contributed by atoms with Gasteiger partial charge >= 0.3 is 12.2 Å².